The molecule has 86 valence electrons. The van der Waals surface area contributed by atoms with E-state index in [1.807, 2.05) is 30.5 Å². The molecule has 2 nitrogen and oxygen atoms in total. The molecule has 0 spiro atoms. The second-order valence-corrected chi connectivity index (χ2v) is 4.11. The topological polar surface area (TPSA) is 15.8 Å². The first kappa shape index (κ1) is 12.5. The Balaban J connectivity index is 2.85. The van der Waals surface area contributed by atoms with Crippen LogP contribution in [-0.2, 0) is 6.54 Å². The third-order valence-electron chi connectivity index (χ3n) is 2.72. The highest BCUT2D eigenvalue weighted by atomic mass is 15.3. The molecule has 0 radical (unpaired) electrons. The molecule has 0 aliphatic carbocycles. The maximum absolute atomic E-state index is 3.84. The molecule has 16 heavy (non-hydrogen) atoms. The van der Waals surface area contributed by atoms with Gasteiger partial charge in [0.15, 0.2) is 0 Å². The summed E-state index contributed by atoms with van der Waals surface area (Å²) in [6, 6.07) is 4.14. The minimum absolute atomic E-state index is 0.900. The van der Waals surface area contributed by atoms with Gasteiger partial charge < -0.3 is 9.47 Å². The highest BCUT2D eigenvalue weighted by molar-refractivity contribution is 5.02. The Kier molecular flexibility index (Phi) is 4.80. The summed E-state index contributed by atoms with van der Waals surface area (Å²) < 4.78 is 0.900. The largest absolute Gasteiger partial charge is 0.360 e. The summed E-state index contributed by atoms with van der Waals surface area (Å²) in [5, 5.41) is 0. The summed E-state index contributed by atoms with van der Waals surface area (Å²) in [6.45, 7) is 15.3. The van der Waals surface area contributed by atoms with E-state index in [-0.39, 0.29) is 0 Å². The number of rotatable bonds is 8. The molecular weight excluding hydrogens is 196 g/mol. The van der Waals surface area contributed by atoms with Crippen molar-refractivity contribution in [3.8, 4) is 0 Å². The van der Waals surface area contributed by atoms with E-state index in [9.17, 15) is 0 Å². The van der Waals surface area contributed by atoms with Crippen LogP contribution in [0, 0.1) is 0 Å². The molecule has 0 fully saturated rings. The van der Waals surface area contributed by atoms with Gasteiger partial charge in [0.25, 0.3) is 0 Å². The van der Waals surface area contributed by atoms with Gasteiger partial charge in [0, 0.05) is 6.20 Å². The summed E-state index contributed by atoms with van der Waals surface area (Å²) in [5.74, 6) is 0. The number of aromatic amines is 1. The lowest BCUT2D eigenvalue weighted by Gasteiger charge is -2.35. The van der Waals surface area contributed by atoms with Gasteiger partial charge in [-0.3, -0.25) is 0 Å². The van der Waals surface area contributed by atoms with Crippen LogP contribution in [0.5, 0.6) is 0 Å². The fourth-order valence-electron chi connectivity index (χ4n) is 2.07. The molecule has 1 rings (SSSR count). The summed E-state index contributed by atoms with van der Waals surface area (Å²) in [4.78, 5) is 3.25. The van der Waals surface area contributed by atoms with E-state index in [2.05, 4.69) is 30.8 Å². The van der Waals surface area contributed by atoms with Crippen molar-refractivity contribution in [2.45, 2.75) is 6.54 Å². The van der Waals surface area contributed by atoms with Gasteiger partial charge in [-0.2, -0.15) is 0 Å². The van der Waals surface area contributed by atoms with E-state index in [1.165, 1.54) is 5.69 Å². The first-order valence-corrected chi connectivity index (χ1v) is 5.56. The second kappa shape index (κ2) is 6.13. The normalized spacial score (nSPS) is 11.0. The van der Waals surface area contributed by atoms with Crippen molar-refractivity contribution in [3.05, 3.63) is 62.0 Å². The fraction of sp³-hybridized carbons (Fsp3) is 0.286. The van der Waals surface area contributed by atoms with Crippen LogP contribution < -0.4 is 0 Å². The molecule has 0 amide bonds. The third-order valence-corrected chi connectivity index (χ3v) is 2.72. The quantitative estimate of drug-likeness (QED) is 0.509. The molecule has 1 aromatic heterocycles. The maximum atomic E-state index is 3.84. The van der Waals surface area contributed by atoms with Crippen molar-refractivity contribution in [2.24, 2.45) is 0 Å². The van der Waals surface area contributed by atoms with Crippen molar-refractivity contribution < 1.29 is 4.48 Å². The summed E-state index contributed by atoms with van der Waals surface area (Å²) in [5.41, 5.74) is 1.24. The van der Waals surface area contributed by atoms with Gasteiger partial charge in [0.05, 0.1) is 25.3 Å². The average molecular weight is 217 g/mol. The molecule has 2 heteroatoms. The molecule has 1 N–H and O–H groups in total. The van der Waals surface area contributed by atoms with Crippen LogP contribution in [-0.4, -0.2) is 29.1 Å². The zero-order chi connectivity index (χ0) is 11.9. The second-order valence-electron chi connectivity index (χ2n) is 4.11. The molecule has 0 aliphatic rings. The standard InChI is InChI=1S/C14H21N2/c1-4-10-16(11-5-2,12-6-3)13-14-8-7-9-15-14/h4-9,15H,1-3,10-13H2/q+1. The van der Waals surface area contributed by atoms with Crippen LogP contribution in [0.25, 0.3) is 0 Å². The SMILES string of the molecule is C=CC[N+](CC=C)(CC=C)Cc1ccc[nH]1. The van der Waals surface area contributed by atoms with Crippen LogP contribution in [0.2, 0.25) is 0 Å². The zero-order valence-electron chi connectivity index (χ0n) is 9.86. The zero-order valence-corrected chi connectivity index (χ0v) is 9.86. The molecular formula is C14H21N2+. The molecule has 0 bridgehead atoms. The Hall–Kier alpha value is -1.54. The Morgan fingerprint density at radius 3 is 2.00 bits per heavy atom. The minimum Gasteiger partial charge on any atom is -0.360 e. The number of H-pyrrole nitrogens is 1. The van der Waals surface area contributed by atoms with E-state index in [1.54, 1.807) is 0 Å². The van der Waals surface area contributed by atoms with Gasteiger partial charge in [0.1, 0.15) is 6.54 Å². The highest BCUT2D eigenvalue weighted by Crippen LogP contribution is 2.14. The molecule has 0 aromatic carbocycles. The number of aromatic nitrogens is 1. The molecule has 1 aromatic rings. The van der Waals surface area contributed by atoms with E-state index < -0.39 is 0 Å². The summed E-state index contributed by atoms with van der Waals surface area (Å²) >= 11 is 0. The first-order chi connectivity index (χ1) is 7.76. The lowest BCUT2D eigenvalue weighted by molar-refractivity contribution is -0.925. The van der Waals surface area contributed by atoms with Gasteiger partial charge in [0.2, 0.25) is 0 Å². The van der Waals surface area contributed by atoms with Gasteiger partial charge in [-0.15, -0.1) is 0 Å². The van der Waals surface area contributed by atoms with Crippen molar-refractivity contribution in [2.75, 3.05) is 19.6 Å². The van der Waals surface area contributed by atoms with Crippen molar-refractivity contribution in [1.29, 1.82) is 0 Å². The predicted molar refractivity (Wildman–Crippen MR) is 69.9 cm³/mol. The number of hydrogen-bond acceptors (Lipinski definition) is 0. The Morgan fingerprint density at radius 1 is 1.06 bits per heavy atom. The summed E-state index contributed by atoms with van der Waals surface area (Å²) in [7, 11) is 0. The monoisotopic (exact) mass is 217 g/mol. The molecule has 0 saturated heterocycles. The third kappa shape index (κ3) is 3.24. The van der Waals surface area contributed by atoms with E-state index in [0.717, 1.165) is 30.7 Å². The van der Waals surface area contributed by atoms with Gasteiger partial charge in [-0.25, -0.2) is 0 Å². The number of nitrogens with one attached hydrogen (secondary N) is 1. The summed E-state index contributed by atoms with van der Waals surface area (Å²) in [6.07, 6.45) is 7.86. The van der Waals surface area contributed by atoms with Crippen molar-refractivity contribution in [1.82, 2.24) is 4.98 Å². The maximum Gasteiger partial charge on any atom is 0.120 e. The minimum atomic E-state index is 0.900. The Labute approximate surface area is 98.2 Å². The Bertz CT molecular complexity index is 309. The van der Waals surface area contributed by atoms with Crippen molar-refractivity contribution >= 4 is 0 Å². The lowest BCUT2D eigenvalue weighted by Crippen LogP contribution is -2.47. The molecule has 0 aliphatic heterocycles. The van der Waals surface area contributed by atoms with Gasteiger partial charge >= 0.3 is 0 Å². The fourth-order valence-corrected chi connectivity index (χ4v) is 2.07. The average Bonchev–Trinajstić information content (AvgIpc) is 2.71. The molecule has 0 unspecified atom stereocenters. The number of hydrogen-bond donors (Lipinski definition) is 1. The molecule has 0 saturated carbocycles. The molecule has 1 heterocycles. The van der Waals surface area contributed by atoms with E-state index in [4.69, 9.17) is 0 Å². The van der Waals surface area contributed by atoms with Crippen LogP contribution in [0.3, 0.4) is 0 Å². The lowest BCUT2D eigenvalue weighted by atomic mass is 10.2. The van der Waals surface area contributed by atoms with Gasteiger partial charge in [-0.1, -0.05) is 19.7 Å². The van der Waals surface area contributed by atoms with Crippen molar-refractivity contribution in [3.63, 3.8) is 0 Å². The highest BCUT2D eigenvalue weighted by Gasteiger charge is 2.23. The van der Waals surface area contributed by atoms with Gasteiger partial charge in [-0.05, 0) is 30.4 Å². The molecule has 0 atom stereocenters. The van der Waals surface area contributed by atoms with Crippen LogP contribution >= 0.6 is 0 Å². The van der Waals surface area contributed by atoms with E-state index in [0.29, 0.717) is 0 Å². The van der Waals surface area contributed by atoms with Crippen LogP contribution in [0.1, 0.15) is 5.69 Å². The van der Waals surface area contributed by atoms with Crippen LogP contribution in [0.15, 0.2) is 56.3 Å². The first-order valence-electron chi connectivity index (χ1n) is 5.56. The van der Waals surface area contributed by atoms with E-state index >= 15 is 0 Å². The smallest absolute Gasteiger partial charge is 0.120 e. The Morgan fingerprint density at radius 2 is 1.62 bits per heavy atom. The number of quaternary nitrogens is 1. The predicted octanol–water partition coefficient (Wildman–Crippen LogP) is 2.89. The number of nitrogens with zero attached hydrogens (tertiary/aromatic N) is 1. The van der Waals surface area contributed by atoms with Crippen LogP contribution in [0.4, 0.5) is 0 Å².